The first-order chi connectivity index (χ1) is 9.51. The fraction of sp³-hybridized carbons (Fsp3) is 0.200. The van der Waals surface area contributed by atoms with Crippen LogP contribution in [0.15, 0.2) is 45.3 Å². The maximum Gasteiger partial charge on any atom is 0.159 e. The summed E-state index contributed by atoms with van der Waals surface area (Å²) in [5.74, 6) is -1.64. The van der Waals surface area contributed by atoms with Gasteiger partial charge in [-0.2, -0.15) is 0 Å². The summed E-state index contributed by atoms with van der Waals surface area (Å²) in [4.78, 5) is 0. The molecule has 1 N–H and O–H groups in total. The molecular formula is C15H13Br2F2N. The first kappa shape index (κ1) is 15.6. The minimum Gasteiger partial charge on any atom is -0.313 e. The highest BCUT2D eigenvalue weighted by molar-refractivity contribution is 9.11. The molecule has 20 heavy (non-hydrogen) atoms. The van der Waals surface area contributed by atoms with Crippen molar-refractivity contribution in [3.8, 4) is 0 Å². The summed E-state index contributed by atoms with van der Waals surface area (Å²) >= 11 is 6.96. The summed E-state index contributed by atoms with van der Waals surface area (Å²) < 4.78 is 28.2. The van der Waals surface area contributed by atoms with E-state index in [-0.39, 0.29) is 6.04 Å². The zero-order valence-electron chi connectivity index (χ0n) is 10.8. The van der Waals surface area contributed by atoms with Gasteiger partial charge in [0.05, 0.1) is 0 Å². The normalized spacial score (nSPS) is 12.4. The van der Waals surface area contributed by atoms with Crippen LogP contribution in [0, 0.1) is 11.6 Å². The van der Waals surface area contributed by atoms with E-state index in [0.29, 0.717) is 6.42 Å². The minimum atomic E-state index is -0.821. The third-order valence-corrected chi connectivity index (χ3v) is 4.32. The molecule has 2 aromatic carbocycles. The number of hydrogen-bond acceptors (Lipinski definition) is 1. The predicted molar refractivity (Wildman–Crippen MR) is 83.7 cm³/mol. The second-order valence-electron chi connectivity index (χ2n) is 4.46. The standard InChI is InChI=1S/C15H13Br2F2N/c1-20-15(11-8-10(16)3-4-12(11)17)7-9-2-5-13(18)14(19)6-9/h2-6,8,15,20H,7H2,1H3. The van der Waals surface area contributed by atoms with E-state index in [1.807, 2.05) is 25.2 Å². The van der Waals surface area contributed by atoms with Crippen molar-refractivity contribution in [3.63, 3.8) is 0 Å². The van der Waals surface area contributed by atoms with Gasteiger partial charge in [-0.05, 0) is 54.9 Å². The third kappa shape index (κ3) is 3.65. The number of nitrogens with one attached hydrogen (secondary N) is 1. The summed E-state index contributed by atoms with van der Waals surface area (Å²) in [7, 11) is 1.85. The number of hydrogen-bond donors (Lipinski definition) is 1. The van der Waals surface area contributed by atoms with Crippen molar-refractivity contribution in [2.45, 2.75) is 12.5 Å². The van der Waals surface area contributed by atoms with Crippen LogP contribution in [0.4, 0.5) is 8.78 Å². The van der Waals surface area contributed by atoms with E-state index in [1.165, 1.54) is 6.07 Å². The smallest absolute Gasteiger partial charge is 0.159 e. The average molecular weight is 405 g/mol. The zero-order valence-corrected chi connectivity index (χ0v) is 13.9. The number of halogens is 4. The van der Waals surface area contributed by atoms with Crippen LogP contribution < -0.4 is 5.32 Å². The Morgan fingerprint density at radius 1 is 1.05 bits per heavy atom. The second-order valence-corrected chi connectivity index (χ2v) is 6.23. The van der Waals surface area contributed by atoms with E-state index in [9.17, 15) is 8.78 Å². The van der Waals surface area contributed by atoms with Crippen molar-refractivity contribution in [3.05, 3.63) is 68.1 Å². The van der Waals surface area contributed by atoms with E-state index < -0.39 is 11.6 Å². The van der Waals surface area contributed by atoms with Gasteiger partial charge >= 0.3 is 0 Å². The summed E-state index contributed by atoms with van der Waals surface area (Å²) in [5, 5.41) is 3.20. The van der Waals surface area contributed by atoms with Crippen LogP contribution in [0.25, 0.3) is 0 Å². The highest BCUT2D eigenvalue weighted by Gasteiger charge is 2.15. The maximum atomic E-state index is 13.3. The molecule has 0 aliphatic carbocycles. The van der Waals surface area contributed by atoms with Crippen molar-refractivity contribution >= 4 is 31.9 Å². The Morgan fingerprint density at radius 2 is 1.80 bits per heavy atom. The van der Waals surface area contributed by atoms with Gasteiger partial charge in [0, 0.05) is 15.0 Å². The Morgan fingerprint density at radius 3 is 2.45 bits per heavy atom. The summed E-state index contributed by atoms with van der Waals surface area (Å²) in [6, 6.07) is 9.91. The number of rotatable bonds is 4. The largest absolute Gasteiger partial charge is 0.313 e. The van der Waals surface area contributed by atoms with Crippen molar-refractivity contribution in [2.24, 2.45) is 0 Å². The van der Waals surface area contributed by atoms with Crippen LogP contribution in [-0.2, 0) is 6.42 Å². The first-order valence-electron chi connectivity index (χ1n) is 6.07. The van der Waals surface area contributed by atoms with E-state index in [0.717, 1.165) is 26.1 Å². The second kappa shape index (κ2) is 6.78. The molecule has 0 aromatic heterocycles. The van der Waals surface area contributed by atoms with Gasteiger partial charge in [0.15, 0.2) is 11.6 Å². The van der Waals surface area contributed by atoms with Crippen LogP contribution in [0.3, 0.4) is 0 Å². The van der Waals surface area contributed by atoms with Crippen LogP contribution in [0.1, 0.15) is 17.2 Å². The van der Waals surface area contributed by atoms with Gasteiger partial charge < -0.3 is 5.32 Å². The van der Waals surface area contributed by atoms with Gasteiger partial charge in [-0.3, -0.25) is 0 Å². The van der Waals surface area contributed by atoms with Crippen molar-refractivity contribution in [2.75, 3.05) is 7.05 Å². The lowest BCUT2D eigenvalue weighted by molar-refractivity contribution is 0.504. The topological polar surface area (TPSA) is 12.0 Å². The van der Waals surface area contributed by atoms with Crippen molar-refractivity contribution < 1.29 is 8.78 Å². The SMILES string of the molecule is CNC(Cc1ccc(F)c(F)c1)c1cc(Br)ccc1Br. The van der Waals surface area contributed by atoms with E-state index in [2.05, 4.69) is 37.2 Å². The van der Waals surface area contributed by atoms with Crippen LogP contribution in [0.5, 0.6) is 0 Å². The molecule has 106 valence electrons. The zero-order chi connectivity index (χ0) is 14.7. The monoisotopic (exact) mass is 403 g/mol. The molecule has 0 heterocycles. The minimum absolute atomic E-state index is 0.00624. The highest BCUT2D eigenvalue weighted by Crippen LogP contribution is 2.29. The molecular weight excluding hydrogens is 392 g/mol. The summed E-state index contributed by atoms with van der Waals surface area (Å²) in [6.07, 6.45) is 0.572. The molecule has 5 heteroatoms. The Bertz CT molecular complexity index is 617. The van der Waals surface area contributed by atoms with Gasteiger partial charge in [-0.15, -0.1) is 0 Å². The Kier molecular flexibility index (Phi) is 5.29. The lowest BCUT2D eigenvalue weighted by atomic mass is 9.99. The molecule has 0 spiro atoms. The molecule has 1 nitrogen and oxygen atoms in total. The summed E-state index contributed by atoms with van der Waals surface area (Å²) in [5.41, 5.74) is 1.81. The van der Waals surface area contributed by atoms with Crippen LogP contribution in [-0.4, -0.2) is 7.05 Å². The van der Waals surface area contributed by atoms with Crippen molar-refractivity contribution in [1.29, 1.82) is 0 Å². The molecule has 0 saturated heterocycles. The Hall–Kier alpha value is -0.780. The molecule has 1 unspecified atom stereocenters. The van der Waals surface area contributed by atoms with Crippen molar-refractivity contribution in [1.82, 2.24) is 5.32 Å². The van der Waals surface area contributed by atoms with E-state index in [4.69, 9.17) is 0 Å². The quantitative estimate of drug-likeness (QED) is 0.756. The molecule has 1 atom stereocenters. The molecule has 0 radical (unpaired) electrons. The van der Waals surface area contributed by atoms with Gasteiger partial charge in [-0.1, -0.05) is 37.9 Å². The molecule has 0 amide bonds. The van der Waals surface area contributed by atoms with Gasteiger partial charge in [0.2, 0.25) is 0 Å². The third-order valence-electron chi connectivity index (χ3n) is 3.11. The van der Waals surface area contributed by atoms with Gasteiger partial charge in [-0.25, -0.2) is 8.78 Å². The highest BCUT2D eigenvalue weighted by atomic mass is 79.9. The fourth-order valence-electron chi connectivity index (χ4n) is 2.05. The number of likely N-dealkylation sites (N-methyl/N-ethyl adjacent to an activating group) is 1. The van der Waals surface area contributed by atoms with Crippen LogP contribution >= 0.6 is 31.9 Å². The predicted octanol–water partition coefficient (Wildman–Crippen LogP) is 4.99. The molecule has 0 aliphatic rings. The molecule has 2 aromatic rings. The van der Waals surface area contributed by atoms with Gasteiger partial charge in [0.1, 0.15) is 0 Å². The molecule has 2 rings (SSSR count). The Balaban J connectivity index is 2.28. The molecule has 0 aliphatic heterocycles. The molecule has 0 fully saturated rings. The lowest BCUT2D eigenvalue weighted by Gasteiger charge is -2.19. The lowest BCUT2D eigenvalue weighted by Crippen LogP contribution is -2.19. The Labute approximate surface area is 133 Å². The van der Waals surface area contributed by atoms with Crippen LogP contribution in [0.2, 0.25) is 0 Å². The maximum absolute atomic E-state index is 13.3. The first-order valence-corrected chi connectivity index (χ1v) is 7.66. The average Bonchev–Trinajstić information content (AvgIpc) is 2.43. The van der Waals surface area contributed by atoms with E-state index in [1.54, 1.807) is 6.07 Å². The molecule has 0 saturated carbocycles. The van der Waals surface area contributed by atoms with Gasteiger partial charge in [0.25, 0.3) is 0 Å². The fourth-order valence-corrected chi connectivity index (χ4v) is 2.95. The summed E-state index contributed by atoms with van der Waals surface area (Å²) in [6.45, 7) is 0. The van der Waals surface area contributed by atoms with E-state index >= 15 is 0 Å². The molecule has 0 bridgehead atoms. The number of benzene rings is 2.